The van der Waals surface area contributed by atoms with Crippen molar-refractivity contribution < 1.29 is 38.3 Å². The van der Waals surface area contributed by atoms with E-state index in [-0.39, 0.29) is 19.2 Å². The van der Waals surface area contributed by atoms with Crippen LogP contribution < -0.4 is 0 Å². The van der Waals surface area contributed by atoms with Gasteiger partial charge in [-0.2, -0.15) is 0 Å². The average molecular weight is 499 g/mol. The van der Waals surface area contributed by atoms with Crippen LogP contribution in [0.3, 0.4) is 0 Å². The number of hydrogen-bond donors (Lipinski definition) is 1. The van der Waals surface area contributed by atoms with Gasteiger partial charge in [-0.05, 0) is 42.9 Å². The van der Waals surface area contributed by atoms with Gasteiger partial charge in [0.1, 0.15) is 6.61 Å². The Balaban J connectivity index is 2.09. The van der Waals surface area contributed by atoms with E-state index < -0.39 is 0 Å². The molecule has 1 aromatic carbocycles. The first-order chi connectivity index (χ1) is 17.2. The molecule has 0 aliphatic heterocycles. The molecule has 0 amide bonds. The van der Waals surface area contributed by atoms with Crippen LogP contribution in [0.4, 0.5) is 0 Å². The summed E-state index contributed by atoms with van der Waals surface area (Å²) in [5, 5.41) is 8.58. The minimum atomic E-state index is -0.270. The molecular formula is C27H46O8. The fourth-order valence-electron chi connectivity index (χ4n) is 3.39. The highest BCUT2D eigenvalue weighted by Crippen LogP contribution is 2.21. The summed E-state index contributed by atoms with van der Waals surface area (Å²) >= 11 is 0. The van der Waals surface area contributed by atoms with Crippen LogP contribution >= 0.6 is 0 Å². The van der Waals surface area contributed by atoms with Crippen LogP contribution in [0.2, 0.25) is 0 Å². The lowest BCUT2D eigenvalue weighted by atomic mass is 9.93. The van der Waals surface area contributed by atoms with Gasteiger partial charge in [-0.15, -0.1) is 0 Å². The summed E-state index contributed by atoms with van der Waals surface area (Å²) < 4.78 is 32.2. The highest BCUT2D eigenvalue weighted by atomic mass is 16.6. The van der Waals surface area contributed by atoms with E-state index in [1.807, 2.05) is 12.1 Å². The number of carbonyl (C=O) groups is 1. The normalized spacial score (nSPS) is 11.2. The Bertz CT molecular complexity index is 638. The standard InChI is InChI=1S/C27H46O8/c1-3-5-8-24-9-7-11-26(25(24)10-6-4-2)27(29)35-23-22-34-21-20-33-19-18-32-17-16-31-15-14-30-13-12-28/h7,9,11,28H,3-6,8,10,12-23H2,1-2H3. The lowest BCUT2D eigenvalue weighted by Gasteiger charge is -2.14. The third-order valence-electron chi connectivity index (χ3n) is 5.26. The van der Waals surface area contributed by atoms with Gasteiger partial charge in [0, 0.05) is 0 Å². The Morgan fingerprint density at radius 2 is 1.17 bits per heavy atom. The lowest BCUT2D eigenvalue weighted by molar-refractivity contribution is -0.0167. The molecule has 202 valence electrons. The summed E-state index contributed by atoms with van der Waals surface area (Å²) in [7, 11) is 0. The lowest BCUT2D eigenvalue weighted by Crippen LogP contribution is -2.16. The monoisotopic (exact) mass is 498 g/mol. The number of benzene rings is 1. The fourth-order valence-corrected chi connectivity index (χ4v) is 3.39. The molecule has 0 aromatic heterocycles. The van der Waals surface area contributed by atoms with Gasteiger partial charge < -0.3 is 33.5 Å². The van der Waals surface area contributed by atoms with Gasteiger partial charge in [-0.1, -0.05) is 38.8 Å². The maximum absolute atomic E-state index is 12.7. The quantitative estimate of drug-likeness (QED) is 0.171. The third kappa shape index (κ3) is 15.9. The molecule has 0 atom stereocenters. The summed E-state index contributed by atoms with van der Waals surface area (Å²) in [4.78, 5) is 12.7. The maximum atomic E-state index is 12.7. The minimum Gasteiger partial charge on any atom is -0.460 e. The molecule has 1 aromatic rings. The van der Waals surface area contributed by atoms with Crippen LogP contribution in [0.5, 0.6) is 0 Å². The van der Waals surface area contributed by atoms with Crippen LogP contribution in [0, 0.1) is 0 Å². The van der Waals surface area contributed by atoms with Gasteiger partial charge >= 0.3 is 5.97 Å². The number of unbranched alkanes of at least 4 members (excludes halogenated alkanes) is 2. The number of hydrogen-bond acceptors (Lipinski definition) is 8. The molecule has 8 nitrogen and oxygen atoms in total. The second-order valence-electron chi connectivity index (χ2n) is 8.07. The predicted octanol–water partition coefficient (Wildman–Crippen LogP) is 3.60. The minimum absolute atomic E-state index is 0.0236. The number of carbonyl (C=O) groups excluding carboxylic acids is 1. The van der Waals surface area contributed by atoms with Crippen molar-refractivity contribution in [2.45, 2.75) is 52.4 Å². The summed E-state index contributed by atoms with van der Waals surface area (Å²) in [6.45, 7) is 9.05. The van der Waals surface area contributed by atoms with Crippen LogP contribution in [0.15, 0.2) is 18.2 Å². The zero-order valence-electron chi connectivity index (χ0n) is 21.8. The molecule has 0 bridgehead atoms. The van der Waals surface area contributed by atoms with E-state index in [4.69, 9.17) is 33.5 Å². The van der Waals surface area contributed by atoms with Crippen molar-refractivity contribution >= 4 is 5.97 Å². The second-order valence-corrected chi connectivity index (χ2v) is 8.07. The number of aryl methyl sites for hydroxylation is 1. The Morgan fingerprint density at radius 3 is 1.69 bits per heavy atom. The van der Waals surface area contributed by atoms with E-state index in [1.165, 1.54) is 5.56 Å². The molecule has 0 aliphatic carbocycles. The van der Waals surface area contributed by atoms with Crippen molar-refractivity contribution in [2.24, 2.45) is 0 Å². The van der Waals surface area contributed by atoms with Gasteiger partial charge in [0.15, 0.2) is 0 Å². The molecule has 8 heteroatoms. The molecule has 0 heterocycles. The summed E-state index contributed by atoms with van der Waals surface area (Å²) in [5.74, 6) is -0.270. The maximum Gasteiger partial charge on any atom is 0.338 e. The van der Waals surface area contributed by atoms with E-state index in [0.717, 1.165) is 44.1 Å². The number of aliphatic hydroxyl groups excluding tert-OH is 1. The molecular weight excluding hydrogens is 452 g/mol. The van der Waals surface area contributed by atoms with Crippen LogP contribution in [0.1, 0.15) is 61.0 Å². The van der Waals surface area contributed by atoms with Crippen LogP contribution in [-0.2, 0) is 41.3 Å². The highest BCUT2D eigenvalue weighted by molar-refractivity contribution is 5.91. The molecule has 0 fully saturated rings. The van der Waals surface area contributed by atoms with E-state index in [2.05, 4.69) is 19.9 Å². The van der Waals surface area contributed by atoms with Crippen molar-refractivity contribution in [1.29, 1.82) is 0 Å². The van der Waals surface area contributed by atoms with E-state index >= 15 is 0 Å². The van der Waals surface area contributed by atoms with Crippen molar-refractivity contribution in [3.63, 3.8) is 0 Å². The molecule has 0 saturated carbocycles. The second kappa shape index (κ2) is 22.9. The Labute approximate surface area is 211 Å². The van der Waals surface area contributed by atoms with Crippen LogP contribution in [0.25, 0.3) is 0 Å². The largest absolute Gasteiger partial charge is 0.460 e. The molecule has 1 N–H and O–H groups in total. The first kappa shape index (κ1) is 31.5. The first-order valence-electron chi connectivity index (χ1n) is 13.0. The van der Waals surface area contributed by atoms with E-state index in [0.29, 0.717) is 71.6 Å². The first-order valence-corrected chi connectivity index (χ1v) is 13.0. The zero-order chi connectivity index (χ0) is 25.4. The predicted molar refractivity (Wildman–Crippen MR) is 135 cm³/mol. The van der Waals surface area contributed by atoms with Crippen molar-refractivity contribution in [1.82, 2.24) is 0 Å². The van der Waals surface area contributed by atoms with E-state index in [9.17, 15) is 4.79 Å². The van der Waals surface area contributed by atoms with Gasteiger partial charge in [0.2, 0.25) is 0 Å². The van der Waals surface area contributed by atoms with E-state index in [1.54, 1.807) is 0 Å². The van der Waals surface area contributed by atoms with Gasteiger partial charge in [0.05, 0.1) is 78.2 Å². The number of ether oxygens (including phenoxy) is 6. The highest BCUT2D eigenvalue weighted by Gasteiger charge is 2.15. The molecule has 0 aliphatic rings. The fraction of sp³-hybridized carbons (Fsp3) is 0.741. The Kier molecular flexibility index (Phi) is 20.6. The summed E-state index contributed by atoms with van der Waals surface area (Å²) in [6.07, 6.45) is 6.32. The topological polar surface area (TPSA) is 92.7 Å². The zero-order valence-corrected chi connectivity index (χ0v) is 21.8. The summed E-state index contributed by atoms with van der Waals surface area (Å²) in [5.41, 5.74) is 3.10. The molecule has 1 rings (SSSR count). The SMILES string of the molecule is CCCCc1cccc(C(=O)OCCOCCOCCOCCOCCOCCO)c1CCCC. The molecule has 35 heavy (non-hydrogen) atoms. The number of rotatable bonds is 24. The van der Waals surface area contributed by atoms with Gasteiger partial charge in [-0.3, -0.25) is 0 Å². The summed E-state index contributed by atoms with van der Waals surface area (Å²) in [6, 6.07) is 5.97. The Morgan fingerprint density at radius 1 is 0.686 bits per heavy atom. The Hall–Kier alpha value is -1.55. The number of esters is 1. The molecule has 0 unspecified atom stereocenters. The van der Waals surface area contributed by atoms with Gasteiger partial charge in [-0.25, -0.2) is 4.79 Å². The molecule has 0 spiro atoms. The smallest absolute Gasteiger partial charge is 0.338 e. The van der Waals surface area contributed by atoms with Crippen molar-refractivity contribution in [3.05, 3.63) is 34.9 Å². The van der Waals surface area contributed by atoms with Crippen molar-refractivity contribution in [2.75, 3.05) is 79.3 Å². The van der Waals surface area contributed by atoms with Gasteiger partial charge in [0.25, 0.3) is 0 Å². The molecule has 0 saturated heterocycles. The third-order valence-corrected chi connectivity index (χ3v) is 5.26. The average Bonchev–Trinajstić information content (AvgIpc) is 2.87. The molecule has 0 radical (unpaired) electrons. The van der Waals surface area contributed by atoms with Crippen LogP contribution in [-0.4, -0.2) is 90.4 Å². The number of aliphatic hydroxyl groups is 1. The van der Waals surface area contributed by atoms with Crippen molar-refractivity contribution in [3.8, 4) is 0 Å².